The Hall–Kier alpha value is -0.900. The Morgan fingerprint density at radius 2 is 2.22 bits per heavy atom. The lowest BCUT2D eigenvalue weighted by Gasteiger charge is -2.36. The number of aromatic nitrogens is 1. The molecular weight excluding hydrogens is 242 g/mol. The van der Waals surface area contributed by atoms with Crippen molar-refractivity contribution in [2.45, 2.75) is 26.3 Å². The summed E-state index contributed by atoms with van der Waals surface area (Å²) in [7, 11) is 4.07. The van der Waals surface area contributed by atoms with Gasteiger partial charge in [-0.1, -0.05) is 13.8 Å². The van der Waals surface area contributed by atoms with Crippen LogP contribution in [0.25, 0.3) is 0 Å². The normalized spacial score (nSPS) is 22.6. The second-order valence-corrected chi connectivity index (χ2v) is 7.02. The highest BCUT2D eigenvalue weighted by Gasteiger charge is 2.28. The lowest BCUT2D eigenvalue weighted by atomic mass is 9.88. The van der Waals surface area contributed by atoms with Crippen molar-refractivity contribution in [3.05, 3.63) is 18.3 Å². The van der Waals surface area contributed by atoms with Crippen molar-refractivity contribution in [3.8, 4) is 0 Å². The van der Waals surface area contributed by atoms with Crippen LogP contribution in [0, 0.1) is 5.41 Å². The quantitative estimate of drug-likeness (QED) is 0.909. The summed E-state index contributed by atoms with van der Waals surface area (Å²) in [6, 6.07) is 4.66. The summed E-state index contributed by atoms with van der Waals surface area (Å²) in [6.07, 6.45) is 3.07. The van der Waals surface area contributed by atoms with Crippen molar-refractivity contribution in [1.82, 2.24) is 4.98 Å². The van der Waals surface area contributed by atoms with Crippen LogP contribution in [0.3, 0.4) is 0 Å². The summed E-state index contributed by atoms with van der Waals surface area (Å²) in [6.45, 7) is 4.70. The molecule has 1 aliphatic rings. The van der Waals surface area contributed by atoms with E-state index in [0.29, 0.717) is 11.5 Å². The molecule has 1 saturated heterocycles. The highest BCUT2D eigenvalue weighted by Crippen LogP contribution is 2.35. The highest BCUT2D eigenvalue weighted by molar-refractivity contribution is 7.99. The van der Waals surface area contributed by atoms with Crippen molar-refractivity contribution >= 4 is 23.3 Å². The van der Waals surface area contributed by atoms with E-state index in [4.69, 9.17) is 0 Å². The Balaban J connectivity index is 2.09. The SMILES string of the molecule is CN(C)c1ncccc1NC1CSCC(C)(C)C1. The molecule has 1 aromatic rings. The van der Waals surface area contributed by atoms with Crippen LogP contribution in [0.4, 0.5) is 11.5 Å². The second kappa shape index (κ2) is 5.39. The summed E-state index contributed by atoms with van der Waals surface area (Å²) in [5.41, 5.74) is 1.58. The fourth-order valence-corrected chi connectivity index (χ4v) is 3.71. The molecule has 18 heavy (non-hydrogen) atoms. The van der Waals surface area contributed by atoms with Crippen LogP contribution < -0.4 is 10.2 Å². The minimum absolute atomic E-state index is 0.432. The number of nitrogens with one attached hydrogen (secondary N) is 1. The number of nitrogens with zero attached hydrogens (tertiary/aromatic N) is 2. The predicted octanol–water partition coefficient (Wildman–Crippen LogP) is 3.09. The van der Waals surface area contributed by atoms with Gasteiger partial charge in [-0.2, -0.15) is 11.8 Å². The smallest absolute Gasteiger partial charge is 0.151 e. The van der Waals surface area contributed by atoms with Gasteiger partial charge in [-0.25, -0.2) is 4.98 Å². The van der Waals surface area contributed by atoms with E-state index in [2.05, 4.69) is 35.1 Å². The lowest BCUT2D eigenvalue weighted by Crippen LogP contribution is -2.35. The zero-order valence-corrected chi connectivity index (χ0v) is 12.5. The third-order valence-electron chi connectivity index (χ3n) is 3.18. The summed E-state index contributed by atoms with van der Waals surface area (Å²) in [5.74, 6) is 3.47. The third-order valence-corrected chi connectivity index (χ3v) is 4.80. The monoisotopic (exact) mass is 265 g/mol. The first-order valence-electron chi connectivity index (χ1n) is 6.44. The Kier molecular flexibility index (Phi) is 4.05. The Morgan fingerprint density at radius 3 is 2.89 bits per heavy atom. The van der Waals surface area contributed by atoms with Gasteiger partial charge in [-0.3, -0.25) is 0 Å². The average molecular weight is 265 g/mol. The molecule has 0 spiro atoms. The number of thioether (sulfide) groups is 1. The molecule has 2 rings (SSSR count). The molecule has 1 unspecified atom stereocenters. The molecule has 1 aliphatic heterocycles. The van der Waals surface area contributed by atoms with E-state index in [1.165, 1.54) is 17.9 Å². The molecule has 1 fully saturated rings. The van der Waals surface area contributed by atoms with Gasteiger partial charge >= 0.3 is 0 Å². The van der Waals surface area contributed by atoms with Crippen molar-refractivity contribution in [1.29, 1.82) is 0 Å². The van der Waals surface area contributed by atoms with E-state index in [1.54, 1.807) is 0 Å². The molecule has 0 saturated carbocycles. The first-order valence-corrected chi connectivity index (χ1v) is 7.60. The van der Waals surface area contributed by atoms with Crippen LogP contribution in [-0.2, 0) is 0 Å². The van der Waals surface area contributed by atoms with E-state index < -0.39 is 0 Å². The predicted molar refractivity (Wildman–Crippen MR) is 81.7 cm³/mol. The van der Waals surface area contributed by atoms with Gasteiger partial charge in [0.1, 0.15) is 0 Å². The Morgan fingerprint density at radius 1 is 1.44 bits per heavy atom. The molecule has 4 heteroatoms. The zero-order valence-electron chi connectivity index (χ0n) is 11.7. The fraction of sp³-hybridized carbons (Fsp3) is 0.643. The maximum atomic E-state index is 4.44. The first kappa shape index (κ1) is 13.5. The van der Waals surface area contributed by atoms with Gasteiger partial charge in [0.05, 0.1) is 5.69 Å². The number of anilines is 2. The summed E-state index contributed by atoms with van der Waals surface area (Å²) < 4.78 is 0. The van der Waals surface area contributed by atoms with E-state index in [0.717, 1.165) is 11.5 Å². The minimum atomic E-state index is 0.432. The van der Waals surface area contributed by atoms with Crippen molar-refractivity contribution < 1.29 is 0 Å². The van der Waals surface area contributed by atoms with Crippen molar-refractivity contribution in [3.63, 3.8) is 0 Å². The van der Waals surface area contributed by atoms with Crippen molar-refractivity contribution in [2.75, 3.05) is 35.8 Å². The van der Waals surface area contributed by atoms with Crippen LogP contribution in [0.15, 0.2) is 18.3 Å². The molecule has 0 aliphatic carbocycles. The molecule has 0 aromatic carbocycles. The van der Waals surface area contributed by atoms with Gasteiger partial charge in [0.15, 0.2) is 5.82 Å². The van der Waals surface area contributed by atoms with E-state index >= 15 is 0 Å². The van der Waals surface area contributed by atoms with Crippen LogP contribution in [0.1, 0.15) is 20.3 Å². The number of pyridine rings is 1. The molecule has 1 atom stereocenters. The number of rotatable bonds is 3. The largest absolute Gasteiger partial charge is 0.378 e. The van der Waals surface area contributed by atoms with Crippen molar-refractivity contribution in [2.24, 2.45) is 5.41 Å². The summed E-state index contributed by atoms with van der Waals surface area (Å²) in [5, 5.41) is 3.66. The molecule has 1 N–H and O–H groups in total. The summed E-state index contributed by atoms with van der Waals surface area (Å²) >= 11 is 2.05. The molecule has 3 nitrogen and oxygen atoms in total. The number of hydrogen-bond acceptors (Lipinski definition) is 4. The molecule has 0 bridgehead atoms. The molecule has 0 amide bonds. The van der Waals surface area contributed by atoms with Crippen LogP contribution in [0.5, 0.6) is 0 Å². The molecule has 0 radical (unpaired) electrons. The van der Waals surface area contributed by atoms with E-state index in [9.17, 15) is 0 Å². The maximum Gasteiger partial charge on any atom is 0.151 e. The van der Waals surface area contributed by atoms with Gasteiger partial charge in [-0.05, 0) is 29.7 Å². The lowest BCUT2D eigenvalue weighted by molar-refractivity contribution is 0.358. The maximum absolute atomic E-state index is 4.44. The number of hydrogen-bond donors (Lipinski definition) is 1. The van der Waals surface area contributed by atoms with Gasteiger partial charge in [0.2, 0.25) is 0 Å². The Labute approximate surface area is 114 Å². The second-order valence-electron chi connectivity index (χ2n) is 5.99. The van der Waals surface area contributed by atoms with Crippen LogP contribution in [-0.4, -0.2) is 36.6 Å². The third kappa shape index (κ3) is 3.31. The summed E-state index contributed by atoms with van der Waals surface area (Å²) in [4.78, 5) is 6.50. The molecule has 2 heterocycles. The van der Waals surface area contributed by atoms with Gasteiger partial charge in [0, 0.05) is 32.1 Å². The zero-order chi connectivity index (χ0) is 13.2. The van der Waals surface area contributed by atoms with E-state index in [-0.39, 0.29) is 0 Å². The van der Waals surface area contributed by atoms with Crippen LogP contribution in [0.2, 0.25) is 0 Å². The standard InChI is InChI=1S/C14H23N3S/c1-14(2)8-11(9-18-10-14)16-12-6-5-7-15-13(12)17(3)4/h5-7,11,16H,8-10H2,1-4H3. The van der Waals surface area contributed by atoms with E-state index in [1.807, 2.05) is 38.1 Å². The molecular formula is C14H23N3S. The van der Waals surface area contributed by atoms with Gasteiger partial charge < -0.3 is 10.2 Å². The average Bonchev–Trinajstić information content (AvgIpc) is 2.28. The highest BCUT2D eigenvalue weighted by atomic mass is 32.2. The molecule has 100 valence electrons. The minimum Gasteiger partial charge on any atom is -0.378 e. The fourth-order valence-electron chi connectivity index (χ4n) is 2.44. The Bertz CT molecular complexity index is 404. The first-order chi connectivity index (χ1) is 8.48. The topological polar surface area (TPSA) is 28.2 Å². The molecule has 1 aromatic heterocycles. The van der Waals surface area contributed by atoms with Gasteiger partial charge in [-0.15, -0.1) is 0 Å². The van der Waals surface area contributed by atoms with Crippen LogP contribution >= 0.6 is 11.8 Å². The van der Waals surface area contributed by atoms with Gasteiger partial charge in [0.25, 0.3) is 0 Å².